The van der Waals surface area contributed by atoms with Gasteiger partial charge in [-0.1, -0.05) is 12.8 Å². The van der Waals surface area contributed by atoms with Crippen molar-refractivity contribution in [3.63, 3.8) is 0 Å². The molecule has 1 fully saturated rings. The van der Waals surface area contributed by atoms with Gasteiger partial charge in [-0.05, 0) is 25.8 Å². The average molecular weight is 249 g/mol. The maximum absolute atomic E-state index is 11.8. The van der Waals surface area contributed by atoms with Crippen LogP contribution in [0.15, 0.2) is 0 Å². The van der Waals surface area contributed by atoms with Crippen molar-refractivity contribution in [3.8, 4) is 0 Å². The zero-order valence-electron chi connectivity index (χ0n) is 10.2. The third kappa shape index (κ3) is 4.39. The van der Waals surface area contributed by atoms with E-state index in [0.29, 0.717) is 12.5 Å². The van der Waals surface area contributed by atoms with Crippen LogP contribution in [-0.2, 0) is 14.6 Å². The van der Waals surface area contributed by atoms with Gasteiger partial charge in [0, 0.05) is 13.2 Å². The van der Waals surface area contributed by atoms with E-state index in [-0.39, 0.29) is 17.5 Å². The van der Waals surface area contributed by atoms with Crippen LogP contribution in [0.2, 0.25) is 0 Å². The number of hydrogen-bond acceptors (Lipinski definition) is 4. The van der Waals surface area contributed by atoms with Crippen molar-refractivity contribution in [2.75, 3.05) is 32.3 Å². The normalized spacial score (nSPS) is 20.1. The van der Waals surface area contributed by atoms with Crippen LogP contribution in [0.25, 0.3) is 0 Å². The van der Waals surface area contributed by atoms with Gasteiger partial charge >= 0.3 is 0 Å². The van der Waals surface area contributed by atoms with Gasteiger partial charge < -0.3 is 10.1 Å². The predicted molar refractivity (Wildman–Crippen MR) is 65.3 cm³/mol. The van der Waals surface area contributed by atoms with E-state index in [2.05, 4.69) is 5.32 Å². The summed E-state index contributed by atoms with van der Waals surface area (Å²) >= 11 is 0. The van der Waals surface area contributed by atoms with E-state index in [9.17, 15) is 8.42 Å². The second-order valence-corrected chi connectivity index (χ2v) is 6.78. The Bertz CT molecular complexity index is 284. The first-order chi connectivity index (χ1) is 7.59. The molecule has 1 rings (SSSR count). The molecule has 4 nitrogen and oxygen atoms in total. The Morgan fingerprint density at radius 1 is 1.38 bits per heavy atom. The second kappa shape index (κ2) is 6.57. The molecule has 0 aromatic heterocycles. The van der Waals surface area contributed by atoms with E-state index in [1.165, 1.54) is 20.0 Å². The SMILES string of the molecule is CNC(CS(=O)(=O)CCOC)C1CCCC1. The fourth-order valence-corrected chi connectivity index (χ4v) is 3.96. The summed E-state index contributed by atoms with van der Waals surface area (Å²) in [7, 11) is 0.406. The Balaban J connectivity index is 2.48. The number of sulfone groups is 1. The summed E-state index contributed by atoms with van der Waals surface area (Å²) in [6.45, 7) is 0.295. The third-order valence-electron chi connectivity index (χ3n) is 3.37. The van der Waals surface area contributed by atoms with Crippen molar-refractivity contribution in [1.29, 1.82) is 0 Å². The summed E-state index contributed by atoms with van der Waals surface area (Å²) in [5.41, 5.74) is 0. The quantitative estimate of drug-likeness (QED) is 0.726. The van der Waals surface area contributed by atoms with Crippen molar-refractivity contribution in [3.05, 3.63) is 0 Å². The number of methoxy groups -OCH3 is 1. The van der Waals surface area contributed by atoms with Crippen molar-refractivity contribution >= 4 is 9.84 Å². The highest BCUT2D eigenvalue weighted by Gasteiger charge is 2.27. The Morgan fingerprint density at radius 2 is 2.00 bits per heavy atom. The summed E-state index contributed by atoms with van der Waals surface area (Å²) in [6, 6.07) is 0.115. The zero-order chi connectivity index (χ0) is 12.0. The highest BCUT2D eigenvalue weighted by atomic mass is 32.2. The third-order valence-corrected chi connectivity index (χ3v) is 5.03. The lowest BCUT2D eigenvalue weighted by Gasteiger charge is -2.22. The molecule has 1 saturated carbocycles. The van der Waals surface area contributed by atoms with Gasteiger partial charge in [0.05, 0.1) is 18.1 Å². The van der Waals surface area contributed by atoms with Crippen LogP contribution in [0, 0.1) is 5.92 Å². The molecule has 96 valence electrons. The fourth-order valence-electron chi connectivity index (χ4n) is 2.38. The fraction of sp³-hybridized carbons (Fsp3) is 1.00. The summed E-state index contributed by atoms with van der Waals surface area (Å²) in [5, 5.41) is 3.16. The molecule has 0 heterocycles. The molecular weight excluding hydrogens is 226 g/mol. The van der Waals surface area contributed by atoms with E-state index in [0.717, 1.165) is 12.8 Å². The van der Waals surface area contributed by atoms with E-state index in [1.54, 1.807) is 0 Å². The molecule has 1 aliphatic rings. The van der Waals surface area contributed by atoms with Gasteiger partial charge in [-0.25, -0.2) is 8.42 Å². The largest absolute Gasteiger partial charge is 0.384 e. The lowest BCUT2D eigenvalue weighted by molar-refractivity contribution is 0.217. The van der Waals surface area contributed by atoms with Gasteiger partial charge in [-0.3, -0.25) is 0 Å². The molecule has 0 radical (unpaired) electrons. The van der Waals surface area contributed by atoms with E-state index >= 15 is 0 Å². The van der Waals surface area contributed by atoms with E-state index in [1.807, 2.05) is 7.05 Å². The highest BCUT2D eigenvalue weighted by molar-refractivity contribution is 7.91. The molecule has 1 N–H and O–H groups in total. The molecule has 1 atom stereocenters. The van der Waals surface area contributed by atoms with Crippen molar-refractivity contribution in [1.82, 2.24) is 5.32 Å². The summed E-state index contributed by atoms with van der Waals surface area (Å²) in [6.07, 6.45) is 4.79. The van der Waals surface area contributed by atoms with Crippen LogP contribution < -0.4 is 5.32 Å². The van der Waals surface area contributed by atoms with Crippen LogP contribution in [-0.4, -0.2) is 46.7 Å². The molecule has 0 aromatic rings. The van der Waals surface area contributed by atoms with Gasteiger partial charge in [-0.2, -0.15) is 0 Å². The Kier molecular flexibility index (Phi) is 5.72. The first-order valence-corrected chi connectivity index (χ1v) is 7.78. The minimum atomic E-state index is -2.98. The first kappa shape index (κ1) is 13.9. The average Bonchev–Trinajstić information content (AvgIpc) is 2.76. The van der Waals surface area contributed by atoms with Crippen LogP contribution in [0.5, 0.6) is 0 Å². The number of rotatable bonds is 7. The molecule has 0 saturated heterocycles. The molecule has 5 heteroatoms. The summed E-state index contributed by atoms with van der Waals surface area (Å²) < 4.78 is 28.4. The Labute approximate surface area is 98.7 Å². The van der Waals surface area contributed by atoms with Crippen LogP contribution in [0.1, 0.15) is 25.7 Å². The molecule has 0 aliphatic heterocycles. The molecule has 0 amide bonds. The van der Waals surface area contributed by atoms with Gasteiger partial charge in [0.2, 0.25) is 0 Å². The van der Waals surface area contributed by atoms with E-state index in [4.69, 9.17) is 4.74 Å². The molecule has 0 aromatic carbocycles. The summed E-state index contributed by atoms with van der Waals surface area (Å²) in [4.78, 5) is 0. The Morgan fingerprint density at radius 3 is 2.50 bits per heavy atom. The lowest BCUT2D eigenvalue weighted by atomic mass is 10.0. The summed E-state index contributed by atoms with van der Waals surface area (Å²) in [5.74, 6) is 0.911. The standard InChI is InChI=1S/C11H23NO3S/c1-12-11(10-5-3-4-6-10)9-16(13,14)8-7-15-2/h10-12H,3-9H2,1-2H3. The molecule has 1 unspecified atom stereocenters. The lowest BCUT2D eigenvalue weighted by Crippen LogP contribution is -2.39. The Hall–Kier alpha value is -0.130. The zero-order valence-corrected chi connectivity index (χ0v) is 11.1. The first-order valence-electron chi connectivity index (χ1n) is 5.95. The minimum Gasteiger partial charge on any atom is -0.384 e. The van der Waals surface area contributed by atoms with Gasteiger partial charge in [0.15, 0.2) is 9.84 Å². The van der Waals surface area contributed by atoms with Crippen LogP contribution in [0.4, 0.5) is 0 Å². The molecule has 0 bridgehead atoms. The number of nitrogens with one attached hydrogen (secondary N) is 1. The van der Waals surface area contributed by atoms with E-state index < -0.39 is 9.84 Å². The highest BCUT2D eigenvalue weighted by Crippen LogP contribution is 2.28. The maximum Gasteiger partial charge on any atom is 0.154 e. The van der Waals surface area contributed by atoms with Crippen LogP contribution in [0.3, 0.4) is 0 Å². The van der Waals surface area contributed by atoms with Crippen molar-refractivity contribution < 1.29 is 13.2 Å². The molecule has 16 heavy (non-hydrogen) atoms. The number of hydrogen-bond donors (Lipinski definition) is 1. The second-order valence-electron chi connectivity index (χ2n) is 4.55. The molecule has 0 spiro atoms. The van der Waals surface area contributed by atoms with Gasteiger partial charge in [0.1, 0.15) is 0 Å². The monoisotopic (exact) mass is 249 g/mol. The molecular formula is C11H23NO3S. The van der Waals surface area contributed by atoms with Crippen molar-refractivity contribution in [2.24, 2.45) is 5.92 Å². The predicted octanol–water partition coefficient (Wildman–Crippen LogP) is 0.826. The van der Waals surface area contributed by atoms with Crippen LogP contribution >= 0.6 is 0 Å². The smallest absolute Gasteiger partial charge is 0.154 e. The van der Waals surface area contributed by atoms with Crippen molar-refractivity contribution in [2.45, 2.75) is 31.7 Å². The number of ether oxygens (including phenoxy) is 1. The van der Waals surface area contributed by atoms with Gasteiger partial charge in [-0.15, -0.1) is 0 Å². The molecule has 1 aliphatic carbocycles. The maximum atomic E-state index is 11.8. The minimum absolute atomic E-state index is 0.115. The topological polar surface area (TPSA) is 55.4 Å². The van der Waals surface area contributed by atoms with Gasteiger partial charge in [0.25, 0.3) is 0 Å².